The fraction of sp³-hybridized carbons (Fsp3) is 0.286. The molecule has 0 amide bonds. The quantitative estimate of drug-likeness (QED) is 0.809. The second-order valence-corrected chi connectivity index (χ2v) is 5.16. The summed E-state index contributed by atoms with van der Waals surface area (Å²) in [6, 6.07) is 4.13. The average molecular weight is 229 g/mol. The molecule has 0 spiro atoms. The highest BCUT2D eigenvalue weighted by Gasteiger charge is 2.16. The Bertz CT molecular complexity index is 320. The molecule has 1 aromatic heterocycles. The molecule has 0 aliphatic carbocycles. The van der Waals surface area contributed by atoms with Crippen molar-refractivity contribution in [3.63, 3.8) is 0 Å². The summed E-state index contributed by atoms with van der Waals surface area (Å²) in [6.45, 7) is 0.830. The van der Waals surface area contributed by atoms with Gasteiger partial charge in [0.25, 0.3) is 0 Å². The Morgan fingerprint density at radius 1 is 1.62 bits per heavy atom. The van der Waals surface area contributed by atoms with Crippen molar-refractivity contribution in [1.82, 2.24) is 5.32 Å². The van der Waals surface area contributed by atoms with Gasteiger partial charge in [-0.2, -0.15) is 5.11 Å². The average Bonchev–Trinajstić information content (AvgIpc) is 2.71. The van der Waals surface area contributed by atoms with Crippen LogP contribution in [0.1, 0.15) is 4.88 Å². The van der Waals surface area contributed by atoms with Crippen molar-refractivity contribution in [2.75, 3.05) is 0 Å². The number of rotatable bonds is 3. The van der Waals surface area contributed by atoms with Crippen LogP contribution in [0.2, 0.25) is 0 Å². The third-order valence-corrected chi connectivity index (χ3v) is 3.50. The van der Waals surface area contributed by atoms with Crippen molar-refractivity contribution in [2.24, 2.45) is 10.2 Å². The monoisotopic (exact) mass is 229 g/mol. The first-order chi connectivity index (χ1) is 6.34. The van der Waals surface area contributed by atoms with Crippen molar-refractivity contribution in [3.05, 3.63) is 22.4 Å². The van der Waals surface area contributed by atoms with E-state index in [-0.39, 0.29) is 5.50 Å². The van der Waals surface area contributed by atoms with Crippen LogP contribution in [0.4, 0.5) is 0 Å². The van der Waals surface area contributed by atoms with Gasteiger partial charge in [0.05, 0.1) is 0 Å². The van der Waals surface area contributed by atoms with Gasteiger partial charge >= 0.3 is 0 Å². The molecule has 1 atom stereocenters. The van der Waals surface area contributed by atoms with Gasteiger partial charge < -0.3 is 0 Å². The minimum atomic E-state index is 0.00889. The molecule has 6 heteroatoms. The molecule has 0 saturated heterocycles. The number of thiocarbonyl (C=S) groups is 1. The van der Waals surface area contributed by atoms with E-state index >= 15 is 0 Å². The van der Waals surface area contributed by atoms with Crippen LogP contribution in [-0.4, -0.2) is 9.82 Å². The summed E-state index contributed by atoms with van der Waals surface area (Å²) in [5.74, 6) is 0. The minimum absolute atomic E-state index is 0.00889. The number of thioether (sulfide) groups is 1. The lowest BCUT2D eigenvalue weighted by atomic mass is 10.5. The van der Waals surface area contributed by atoms with Gasteiger partial charge in [-0.1, -0.05) is 6.07 Å². The third kappa shape index (κ3) is 2.57. The van der Waals surface area contributed by atoms with E-state index in [9.17, 15) is 0 Å². The van der Waals surface area contributed by atoms with E-state index in [1.165, 1.54) is 16.6 Å². The molecular formula is C7H7N3S3. The summed E-state index contributed by atoms with van der Waals surface area (Å²) >= 11 is 8.08. The highest BCUT2D eigenvalue weighted by molar-refractivity contribution is 8.23. The number of nitrogens with one attached hydrogen (secondary N) is 1. The van der Waals surface area contributed by atoms with E-state index in [1.807, 2.05) is 6.07 Å². The molecule has 1 aliphatic heterocycles. The van der Waals surface area contributed by atoms with E-state index in [4.69, 9.17) is 12.2 Å². The smallest absolute Gasteiger partial charge is 0.185 e. The van der Waals surface area contributed by atoms with E-state index in [0.717, 1.165) is 6.54 Å². The van der Waals surface area contributed by atoms with Crippen LogP contribution in [0.15, 0.2) is 27.7 Å². The van der Waals surface area contributed by atoms with Gasteiger partial charge in [0.2, 0.25) is 0 Å². The van der Waals surface area contributed by atoms with Crippen LogP contribution in [0, 0.1) is 0 Å². The molecule has 68 valence electrons. The van der Waals surface area contributed by atoms with Gasteiger partial charge in [-0.3, -0.25) is 5.32 Å². The Hall–Kier alpha value is -0.300. The largest absolute Gasteiger partial charge is 0.280 e. The molecular weight excluding hydrogens is 222 g/mol. The number of nitrogens with zero attached hydrogens (tertiary/aromatic N) is 2. The molecule has 1 aliphatic rings. The molecule has 0 bridgehead atoms. The molecule has 13 heavy (non-hydrogen) atoms. The van der Waals surface area contributed by atoms with Crippen molar-refractivity contribution < 1.29 is 0 Å². The molecule has 0 radical (unpaired) electrons. The second-order valence-electron chi connectivity index (χ2n) is 2.41. The maximum absolute atomic E-state index is 4.88. The Morgan fingerprint density at radius 3 is 3.15 bits per heavy atom. The van der Waals surface area contributed by atoms with Crippen LogP contribution >= 0.6 is 35.3 Å². The van der Waals surface area contributed by atoms with E-state index in [2.05, 4.69) is 27.0 Å². The van der Waals surface area contributed by atoms with Gasteiger partial charge in [-0.25, -0.2) is 0 Å². The molecule has 1 aromatic rings. The number of thiophene rings is 1. The number of hydrogen-bond acceptors (Lipinski definition) is 5. The van der Waals surface area contributed by atoms with Crippen molar-refractivity contribution in [1.29, 1.82) is 0 Å². The van der Waals surface area contributed by atoms with Gasteiger partial charge in [-0.05, 0) is 35.4 Å². The summed E-state index contributed by atoms with van der Waals surface area (Å²) in [5, 5.41) is 13.0. The maximum Gasteiger partial charge on any atom is 0.185 e. The SMILES string of the molecule is S=C1N=NC(NCc2cccs2)S1. The standard InChI is InChI=1S/C7H7N3S3/c11-7-10-9-6(13-7)8-4-5-2-1-3-12-5/h1-3,6,8H,4H2. The maximum atomic E-state index is 4.88. The van der Waals surface area contributed by atoms with E-state index < -0.39 is 0 Å². The zero-order chi connectivity index (χ0) is 9.10. The van der Waals surface area contributed by atoms with Crippen LogP contribution in [-0.2, 0) is 6.54 Å². The molecule has 2 heterocycles. The summed E-state index contributed by atoms with van der Waals surface area (Å²) < 4.78 is 0.615. The predicted molar refractivity (Wildman–Crippen MR) is 60.0 cm³/mol. The fourth-order valence-electron chi connectivity index (χ4n) is 0.926. The minimum Gasteiger partial charge on any atom is -0.280 e. The zero-order valence-electron chi connectivity index (χ0n) is 6.64. The molecule has 0 fully saturated rings. The third-order valence-electron chi connectivity index (χ3n) is 1.49. The molecule has 0 aromatic carbocycles. The Balaban J connectivity index is 1.81. The molecule has 1 N–H and O–H groups in total. The Labute approximate surface area is 89.6 Å². The summed E-state index contributed by atoms with van der Waals surface area (Å²) in [7, 11) is 0. The van der Waals surface area contributed by atoms with Gasteiger partial charge in [0, 0.05) is 11.4 Å². The van der Waals surface area contributed by atoms with Crippen LogP contribution < -0.4 is 5.32 Å². The zero-order valence-corrected chi connectivity index (χ0v) is 9.09. The van der Waals surface area contributed by atoms with Crippen LogP contribution in [0.3, 0.4) is 0 Å². The number of hydrogen-bond donors (Lipinski definition) is 1. The Kier molecular flexibility index (Phi) is 3.05. The first-order valence-corrected chi connectivity index (χ1v) is 5.88. The lowest BCUT2D eigenvalue weighted by Crippen LogP contribution is -2.21. The van der Waals surface area contributed by atoms with Crippen molar-refractivity contribution in [2.45, 2.75) is 12.0 Å². The topological polar surface area (TPSA) is 36.8 Å². The fourth-order valence-corrected chi connectivity index (χ4v) is 2.45. The predicted octanol–water partition coefficient (Wildman–Crippen LogP) is 2.61. The normalized spacial score (nSPS) is 21.2. The molecule has 1 unspecified atom stereocenters. The highest BCUT2D eigenvalue weighted by Crippen LogP contribution is 2.21. The van der Waals surface area contributed by atoms with Gasteiger partial charge in [0.15, 0.2) is 9.82 Å². The van der Waals surface area contributed by atoms with Gasteiger partial charge in [-0.15, -0.1) is 16.5 Å². The first kappa shape index (κ1) is 9.26. The summed E-state index contributed by atoms with van der Waals surface area (Å²) in [6.07, 6.45) is 0. The van der Waals surface area contributed by atoms with Crippen molar-refractivity contribution in [3.8, 4) is 0 Å². The summed E-state index contributed by atoms with van der Waals surface area (Å²) in [5.41, 5.74) is 0.00889. The molecule has 3 nitrogen and oxygen atoms in total. The van der Waals surface area contributed by atoms with Crippen molar-refractivity contribution >= 4 is 39.6 Å². The lowest BCUT2D eigenvalue weighted by Gasteiger charge is -2.04. The molecule has 2 rings (SSSR count). The van der Waals surface area contributed by atoms with Gasteiger partial charge in [0.1, 0.15) is 0 Å². The Morgan fingerprint density at radius 2 is 2.54 bits per heavy atom. The highest BCUT2D eigenvalue weighted by atomic mass is 32.2. The van der Waals surface area contributed by atoms with E-state index in [1.54, 1.807) is 11.3 Å². The molecule has 0 saturated carbocycles. The van der Waals surface area contributed by atoms with Crippen LogP contribution in [0.25, 0.3) is 0 Å². The second kappa shape index (κ2) is 4.28. The lowest BCUT2D eigenvalue weighted by molar-refractivity contribution is 0.664. The first-order valence-electron chi connectivity index (χ1n) is 3.72. The number of azo groups is 1. The van der Waals surface area contributed by atoms with E-state index in [0.29, 0.717) is 4.32 Å². The summed E-state index contributed by atoms with van der Waals surface area (Å²) in [4.78, 5) is 1.30. The van der Waals surface area contributed by atoms with Crippen LogP contribution in [0.5, 0.6) is 0 Å².